The van der Waals surface area contributed by atoms with Crippen molar-refractivity contribution in [2.45, 2.75) is 52.5 Å². The first kappa shape index (κ1) is 16.3. The highest BCUT2D eigenvalue weighted by Crippen LogP contribution is 2.18. The fourth-order valence-corrected chi connectivity index (χ4v) is 1.93. The van der Waals surface area contributed by atoms with E-state index in [1.807, 2.05) is 12.1 Å². The second-order valence-corrected chi connectivity index (χ2v) is 5.07. The maximum Gasteiger partial charge on any atom is 0.213 e. The molecule has 0 aliphatic carbocycles. The molecule has 0 saturated heterocycles. The van der Waals surface area contributed by atoms with Crippen LogP contribution in [0.4, 0.5) is 0 Å². The molecule has 0 fully saturated rings. The number of unbranched alkanes of at least 4 members (excludes halogenated alkanes) is 3. The van der Waals surface area contributed by atoms with Crippen molar-refractivity contribution in [3.63, 3.8) is 0 Å². The van der Waals surface area contributed by atoms with Gasteiger partial charge < -0.3 is 10.1 Å². The van der Waals surface area contributed by atoms with Crippen molar-refractivity contribution >= 4 is 11.6 Å². The summed E-state index contributed by atoms with van der Waals surface area (Å²) < 4.78 is 5.66. The number of halogens is 1. The smallest absolute Gasteiger partial charge is 0.213 e. The standard InChI is InChI=1S/C15H25ClN2O/c1-3-5-6-7-11-19-15-9-8-13(16)14(18-15)12-17-10-4-2/h8-9,17H,3-7,10-12H2,1-2H3. The number of aromatic nitrogens is 1. The Balaban J connectivity index is 2.39. The molecule has 0 amide bonds. The average Bonchev–Trinajstić information content (AvgIpc) is 2.42. The molecule has 0 atom stereocenters. The molecular formula is C15H25ClN2O. The molecule has 0 aromatic carbocycles. The zero-order valence-corrected chi connectivity index (χ0v) is 12.8. The Morgan fingerprint density at radius 3 is 2.74 bits per heavy atom. The second kappa shape index (κ2) is 10.0. The predicted octanol–water partition coefficient (Wildman–Crippen LogP) is 4.19. The molecule has 108 valence electrons. The Bertz CT molecular complexity index is 358. The molecule has 1 N–H and O–H groups in total. The van der Waals surface area contributed by atoms with Crippen LogP contribution in [0.2, 0.25) is 5.02 Å². The van der Waals surface area contributed by atoms with Crippen LogP contribution in [-0.2, 0) is 6.54 Å². The first-order valence-electron chi connectivity index (χ1n) is 7.26. The van der Waals surface area contributed by atoms with Crippen molar-refractivity contribution < 1.29 is 4.74 Å². The van der Waals surface area contributed by atoms with Crippen LogP contribution in [0.3, 0.4) is 0 Å². The van der Waals surface area contributed by atoms with Gasteiger partial charge in [-0.05, 0) is 25.5 Å². The van der Waals surface area contributed by atoms with Gasteiger partial charge in [0.25, 0.3) is 0 Å². The molecule has 3 nitrogen and oxygen atoms in total. The third-order valence-corrected chi connectivity index (χ3v) is 3.20. The lowest BCUT2D eigenvalue weighted by atomic mass is 10.2. The lowest BCUT2D eigenvalue weighted by Gasteiger charge is -2.09. The predicted molar refractivity (Wildman–Crippen MR) is 80.9 cm³/mol. The second-order valence-electron chi connectivity index (χ2n) is 4.66. The fourth-order valence-electron chi connectivity index (χ4n) is 1.76. The summed E-state index contributed by atoms with van der Waals surface area (Å²) >= 11 is 6.12. The number of nitrogens with one attached hydrogen (secondary N) is 1. The maximum absolute atomic E-state index is 6.12. The largest absolute Gasteiger partial charge is 0.478 e. The topological polar surface area (TPSA) is 34.1 Å². The molecule has 0 radical (unpaired) electrons. The molecule has 4 heteroatoms. The van der Waals surface area contributed by atoms with Gasteiger partial charge in [0, 0.05) is 12.6 Å². The molecule has 0 unspecified atom stereocenters. The third kappa shape index (κ3) is 6.79. The molecule has 0 saturated carbocycles. The minimum atomic E-state index is 0.675. The molecule has 1 aromatic heterocycles. The first-order valence-corrected chi connectivity index (χ1v) is 7.64. The summed E-state index contributed by atoms with van der Waals surface area (Å²) in [6, 6.07) is 3.70. The van der Waals surface area contributed by atoms with E-state index in [1.165, 1.54) is 19.3 Å². The summed E-state index contributed by atoms with van der Waals surface area (Å²) in [6.45, 7) is 6.74. The lowest BCUT2D eigenvalue weighted by Crippen LogP contribution is -2.15. The van der Waals surface area contributed by atoms with Crippen LogP contribution in [0.15, 0.2) is 12.1 Å². The van der Waals surface area contributed by atoms with Gasteiger partial charge >= 0.3 is 0 Å². The maximum atomic E-state index is 6.12. The van der Waals surface area contributed by atoms with E-state index >= 15 is 0 Å². The SMILES string of the molecule is CCCCCCOc1ccc(Cl)c(CNCCC)n1. The fraction of sp³-hybridized carbons (Fsp3) is 0.667. The van der Waals surface area contributed by atoms with Crippen LogP contribution in [0.1, 0.15) is 51.6 Å². The van der Waals surface area contributed by atoms with Crippen molar-refractivity contribution in [1.82, 2.24) is 10.3 Å². The normalized spacial score (nSPS) is 10.7. The molecule has 0 aliphatic rings. The van der Waals surface area contributed by atoms with Crippen molar-refractivity contribution in [1.29, 1.82) is 0 Å². The zero-order valence-electron chi connectivity index (χ0n) is 12.0. The van der Waals surface area contributed by atoms with Gasteiger partial charge in [0.15, 0.2) is 0 Å². The van der Waals surface area contributed by atoms with Crippen LogP contribution in [0.5, 0.6) is 5.88 Å². The van der Waals surface area contributed by atoms with Gasteiger partial charge in [0.1, 0.15) is 0 Å². The third-order valence-electron chi connectivity index (χ3n) is 2.86. The number of hydrogen-bond acceptors (Lipinski definition) is 3. The number of hydrogen-bond donors (Lipinski definition) is 1. The van der Waals surface area contributed by atoms with Crippen molar-refractivity contribution in [3.8, 4) is 5.88 Å². The van der Waals surface area contributed by atoms with E-state index < -0.39 is 0 Å². The minimum Gasteiger partial charge on any atom is -0.478 e. The molecule has 1 aromatic rings. The number of rotatable bonds is 10. The summed E-state index contributed by atoms with van der Waals surface area (Å²) in [6.07, 6.45) is 5.91. The molecule has 0 bridgehead atoms. The highest BCUT2D eigenvalue weighted by atomic mass is 35.5. The Kier molecular flexibility index (Phi) is 8.59. The van der Waals surface area contributed by atoms with Crippen LogP contribution in [0.25, 0.3) is 0 Å². The van der Waals surface area contributed by atoms with Gasteiger partial charge in [-0.2, -0.15) is 0 Å². The summed E-state index contributed by atoms with van der Waals surface area (Å²) in [5, 5.41) is 4.00. The summed E-state index contributed by atoms with van der Waals surface area (Å²) in [4.78, 5) is 4.45. The van der Waals surface area contributed by atoms with Gasteiger partial charge in [0.05, 0.1) is 17.3 Å². The van der Waals surface area contributed by atoms with E-state index in [0.29, 0.717) is 17.4 Å². The Hall–Kier alpha value is -0.800. The van der Waals surface area contributed by atoms with E-state index in [4.69, 9.17) is 16.3 Å². The summed E-state index contributed by atoms with van der Waals surface area (Å²) in [5.41, 5.74) is 0.862. The van der Waals surface area contributed by atoms with E-state index in [1.54, 1.807) is 0 Å². The van der Waals surface area contributed by atoms with Gasteiger partial charge in [-0.3, -0.25) is 0 Å². The van der Waals surface area contributed by atoms with Gasteiger partial charge in [-0.25, -0.2) is 4.98 Å². The number of nitrogens with zero attached hydrogens (tertiary/aromatic N) is 1. The van der Waals surface area contributed by atoms with Crippen LogP contribution < -0.4 is 10.1 Å². The van der Waals surface area contributed by atoms with Gasteiger partial charge in [-0.15, -0.1) is 0 Å². The Morgan fingerprint density at radius 2 is 2.00 bits per heavy atom. The van der Waals surface area contributed by atoms with E-state index in [-0.39, 0.29) is 0 Å². The van der Waals surface area contributed by atoms with Crippen LogP contribution >= 0.6 is 11.6 Å². The highest BCUT2D eigenvalue weighted by Gasteiger charge is 2.04. The first-order chi connectivity index (χ1) is 9.27. The highest BCUT2D eigenvalue weighted by molar-refractivity contribution is 6.31. The number of pyridine rings is 1. The van der Waals surface area contributed by atoms with Crippen LogP contribution in [-0.4, -0.2) is 18.1 Å². The monoisotopic (exact) mass is 284 g/mol. The summed E-state index contributed by atoms with van der Waals surface area (Å²) in [5.74, 6) is 0.675. The van der Waals surface area contributed by atoms with E-state index in [2.05, 4.69) is 24.1 Å². The quantitative estimate of drug-likeness (QED) is 0.654. The Morgan fingerprint density at radius 1 is 1.16 bits per heavy atom. The zero-order chi connectivity index (χ0) is 13.9. The Labute approximate surface area is 121 Å². The molecule has 0 spiro atoms. The van der Waals surface area contributed by atoms with Crippen molar-refractivity contribution in [2.75, 3.05) is 13.2 Å². The molecule has 19 heavy (non-hydrogen) atoms. The average molecular weight is 285 g/mol. The molecule has 1 heterocycles. The lowest BCUT2D eigenvalue weighted by molar-refractivity contribution is 0.293. The van der Waals surface area contributed by atoms with Crippen LogP contribution in [0, 0.1) is 0 Å². The van der Waals surface area contributed by atoms with Gasteiger partial charge in [-0.1, -0.05) is 44.7 Å². The molecule has 1 rings (SSSR count). The molecule has 0 aliphatic heterocycles. The molecular weight excluding hydrogens is 260 g/mol. The van der Waals surface area contributed by atoms with E-state index in [0.717, 1.165) is 31.7 Å². The van der Waals surface area contributed by atoms with E-state index in [9.17, 15) is 0 Å². The minimum absolute atomic E-state index is 0.675. The van der Waals surface area contributed by atoms with Gasteiger partial charge in [0.2, 0.25) is 5.88 Å². The van der Waals surface area contributed by atoms with Crippen molar-refractivity contribution in [3.05, 3.63) is 22.8 Å². The number of ether oxygens (including phenoxy) is 1. The summed E-state index contributed by atoms with van der Waals surface area (Å²) in [7, 11) is 0. The van der Waals surface area contributed by atoms with Crippen molar-refractivity contribution in [2.24, 2.45) is 0 Å².